The number of rotatable bonds is 5. The topological polar surface area (TPSA) is 110 Å². The van der Waals surface area contributed by atoms with E-state index in [1.807, 2.05) is 6.92 Å². The van der Waals surface area contributed by atoms with E-state index < -0.39 is 23.9 Å². The summed E-state index contributed by atoms with van der Waals surface area (Å²) in [5.41, 5.74) is 1.44. The third-order valence-corrected chi connectivity index (χ3v) is 7.06. The molecular formula is C24H28ClN3O5. The van der Waals surface area contributed by atoms with E-state index in [2.05, 4.69) is 10.6 Å². The molecule has 0 unspecified atom stereocenters. The number of nitrogens with one attached hydrogen (secondary N) is 2. The maximum Gasteiger partial charge on any atom is 0.309 e. The summed E-state index contributed by atoms with van der Waals surface area (Å²) < 4.78 is 6.90. The van der Waals surface area contributed by atoms with Gasteiger partial charge >= 0.3 is 5.97 Å². The van der Waals surface area contributed by atoms with E-state index >= 15 is 0 Å². The number of aromatic nitrogens is 1. The summed E-state index contributed by atoms with van der Waals surface area (Å²) in [6, 6.07) is 3.50. The second kappa shape index (κ2) is 8.74. The average Bonchev–Trinajstić information content (AvgIpc) is 3.19. The van der Waals surface area contributed by atoms with Crippen molar-refractivity contribution < 1.29 is 19.4 Å². The number of anilines is 1. The van der Waals surface area contributed by atoms with Gasteiger partial charge in [-0.25, -0.2) is 0 Å². The third kappa shape index (κ3) is 4.19. The SMILES string of the molecule is Cc1c(-c2ccc3c(c2Cl)NCCO3)c(CC(=O)O)n(C)c(=O)c1C(=O)NC1(C)CCCC1. The molecule has 1 amide bonds. The number of amides is 1. The molecule has 1 fully saturated rings. The largest absolute Gasteiger partial charge is 0.490 e. The Kier molecular flexibility index (Phi) is 6.14. The fourth-order valence-corrected chi connectivity index (χ4v) is 5.24. The van der Waals surface area contributed by atoms with Crippen LogP contribution >= 0.6 is 11.6 Å². The summed E-state index contributed by atoms with van der Waals surface area (Å²) >= 11 is 6.75. The van der Waals surface area contributed by atoms with Crippen molar-refractivity contribution in [3.63, 3.8) is 0 Å². The van der Waals surface area contributed by atoms with Gasteiger partial charge in [-0.05, 0) is 44.4 Å². The maximum atomic E-state index is 13.3. The first-order valence-electron chi connectivity index (χ1n) is 11.1. The van der Waals surface area contributed by atoms with Gasteiger partial charge in [-0.2, -0.15) is 0 Å². The van der Waals surface area contributed by atoms with Gasteiger partial charge in [0.25, 0.3) is 11.5 Å². The van der Waals surface area contributed by atoms with Crippen molar-refractivity contribution in [2.75, 3.05) is 18.5 Å². The van der Waals surface area contributed by atoms with Crippen LogP contribution in [0.3, 0.4) is 0 Å². The van der Waals surface area contributed by atoms with Crippen LogP contribution in [0.4, 0.5) is 5.69 Å². The summed E-state index contributed by atoms with van der Waals surface area (Å²) in [6.45, 7) is 4.75. The van der Waals surface area contributed by atoms with Crippen LogP contribution < -0.4 is 20.9 Å². The minimum Gasteiger partial charge on any atom is -0.490 e. The second-order valence-electron chi connectivity index (χ2n) is 9.05. The molecule has 1 aliphatic heterocycles. The van der Waals surface area contributed by atoms with E-state index in [1.165, 1.54) is 11.6 Å². The Labute approximate surface area is 196 Å². The molecule has 4 rings (SSSR count). The van der Waals surface area contributed by atoms with Crippen molar-refractivity contribution in [3.8, 4) is 16.9 Å². The van der Waals surface area contributed by atoms with Gasteiger partial charge in [0.1, 0.15) is 17.9 Å². The summed E-state index contributed by atoms with van der Waals surface area (Å²) in [5, 5.41) is 16.2. The van der Waals surface area contributed by atoms with Gasteiger partial charge in [-0.3, -0.25) is 14.4 Å². The molecule has 8 nitrogen and oxygen atoms in total. The van der Waals surface area contributed by atoms with Gasteiger partial charge in [0.15, 0.2) is 0 Å². The number of hydrogen-bond acceptors (Lipinski definition) is 5. The van der Waals surface area contributed by atoms with E-state index in [1.54, 1.807) is 19.1 Å². The van der Waals surface area contributed by atoms with Crippen LogP contribution in [-0.2, 0) is 18.3 Å². The number of carbonyl (C=O) groups excluding carboxylic acids is 1. The van der Waals surface area contributed by atoms with Crippen LogP contribution in [0.25, 0.3) is 11.1 Å². The van der Waals surface area contributed by atoms with Gasteiger partial charge in [-0.15, -0.1) is 0 Å². The lowest BCUT2D eigenvalue weighted by Crippen LogP contribution is -2.46. The molecule has 9 heteroatoms. The fraction of sp³-hybridized carbons (Fsp3) is 0.458. The third-order valence-electron chi connectivity index (χ3n) is 6.66. The highest BCUT2D eigenvalue weighted by atomic mass is 35.5. The number of fused-ring (bicyclic) bond motifs is 1. The number of benzene rings is 1. The first kappa shape index (κ1) is 23.2. The summed E-state index contributed by atoms with van der Waals surface area (Å²) in [6.07, 6.45) is 3.36. The monoisotopic (exact) mass is 473 g/mol. The zero-order valence-corrected chi connectivity index (χ0v) is 19.8. The number of hydrogen-bond donors (Lipinski definition) is 3. The van der Waals surface area contributed by atoms with Crippen molar-refractivity contribution in [1.29, 1.82) is 0 Å². The minimum absolute atomic E-state index is 0.00719. The molecule has 1 aromatic heterocycles. The second-order valence-corrected chi connectivity index (χ2v) is 9.43. The molecule has 1 aromatic carbocycles. The number of carboxylic acid groups (broad SMARTS) is 1. The molecule has 0 saturated heterocycles. The number of carbonyl (C=O) groups is 2. The molecule has 3 N–H and O–H groups in total. The molecule has 2 aliphatic rings. The van der Waals surface area contributed by atoms with E-state index in [-0.39, 0.29) is 16.8 Å². The Balaban J connectivity index is 1.93. The molecule has 176 valence electrons. The molecular weight excluding hydrogens is 446 g/mol. The van der Waals surface area contributed by atoms with Crippen molar-refractivity contribution in [1.82, 2.24) is 9.88 Å². The first-order valence-corrected chi connectivity index (χ1v) is 11.5. The molecule has 0 spiro atoms. The normalized spacial score (nSPS) is 16.5. The van der Waals surface area contributed by atoms with Crippen molar-refractivity contribution in [2.45, 2.75) is 51.5 Å². The van der Waals surface area contributed by atoms with Crippen LogP contribution in [0.15, 0.2) is 16.9 Å². The van der Waals surface area contributed by atoms with Gasteiger partial charge < -0.3 is 25.0 Å². The number of pyridine rings is 1. The molecule has 2 aromatic rings. The molecule has 1 aliphatic carbocycles. The standard InChI is InChI=1S/C24H28ClN3O5/c1-13-18(14-6-7-16-21(20(14)25)26-10-11-33-16)15(12-17(29)30)28(3)23(32)19(13)22(31)27-24(2)8-4-5-9-24/h6-7,26H,4-5,8-12H2,1-3H3,(H,27,31)(H,29,30). The fourth-order valence-electron chi connectivity index (χ4n) is 4.93. The lowest BCUT2D eigenvalue weighted by Gasteiger charge is -2.27. The van der Waals surface area contributed by atoms with Crippen LogP contribution in [0, 0.1) is 6.92 Å². The predicted molar refractivity (Wildman–Crippen MR) is 127 cm³/mol. The van der Waals surface area contributed by atoms with Gasteiger partial charge in [0.2, 0.25) is 0 Å². The van der Waals surface area contributed by atoms with Crippen LogP contribution in [-0.4, -0.2) is 40.2 Å². The Hall–Kier alpha value is -3.00. The lowest BCUT2D eigenvalue weighted by atomic mass is 9.92. The molecule has 2 heterocycles. The van der Waals surface area contributed by atoms with Gasteiger partial charge in [0.05, 0.1) is 17.1 Å². The van der Waals surface area contributed by atoms with E-state index in [0.29, 0.717) is 46.3 Å². The van der Waals surface area contributed by atoms with Crippen LogP contribution in [0.1, 0.15) is 54.2 Å². The molecule has 0 atom stereocenters. The number of ether oxygens (including phenoxy) is 1. The average molecular weight is 474 g/mol. The summed E-state index contributed by atoms with van der Waals surface area (Å²) in [4.78, 5) is 38.3. The number of aliphatic carboxylic acids is 1. The highest BCUT2D eigenvalue weighted by molar-refractivity contribution is 6.36. The highest BCUT2D eigenvalue weighted by Gasteiger charge is 2.33. The maximum absolute atomic E-state index is 13.3. The number of halogens is 1. The molecule has 1 saturated carbocycles. The first-order chi connectivity index (χ1) is 15.6. The quantitative estimate of drug-likeness (QED) is 0.613. The summed E-state index contributed by atoms with van der Waals surface area (Å²) in [5.74, 6) is -0.933. The molecule has 33 heavy (non-hydrogen) atoms. The zero-order chi connectivity index (χ0) is 23.9. The van der Waals surface area contributed by atoms with Crippen molar-refractivity contribution >= 4 is 29.2 Å². The van der Waals surface area contributed by atoms with E-state index in [9.17, 15) is 19.5 Å². The highest BCUT2D eigenvalue weighted by Crippen LogP contribution is 2.43. The van der Waals surface area contributed by atoms with Gasteiger partial charge in [0, 0.05) is 36.0 Å². The smallest absolute Gasteiger partial charge is 0.309 e. The van der Waals surface area contributed by atoms with E-state index in [0.717, 1.165) is 25.7 Å². The minimum atomic E-state index is -1.09. The zero-order valence-electron chi connectivity index (χ0n) is 19.0. The molecule has 0 bridgehead atoms. The number of nitrogens with zero attached hydrogens (tertiary/aromatic N) is 1. The Morgan fingerprint density at radius 2 is 2.00 bits per heavy atom. The van der Waals surface area contributed by atoms with Crippen LogP contribution in [0.5, 0.6) is 5.75 Å². The Morgan fingerprint density at radius 3 is 2.67 bits per heavy atom. The van der Waals surface area contributed by atoms with Gasteiger partial charge in [-0.1, -0.05) is 24.4 Å². The van der Waals surface area contributed by atoms with Crippen LogP contribution in [0.2, 0.25) is 5.02 Å². The van der Waals surface area contributed by atoms with Crippen molar-refractivity contribution in [2.24, 2.45) is 7.05 Å². The van der Waals surface area contributed by atoms with Crippen molar-refractivity contribution in [3.05, 3.63) is 44.3 Å². The summed E-state index contributed by atoms with van der Waals surface area (Å²) in [7, 11) is 1.49. The lowest BCUT2D eigenvalue weighted by molar-refractivity contribution is -0.136. The Morgan fingerprint density at radius 1 is 1.30 bits per heavy atom. The molecule has 0 radical (unpaired) electrons. The number of carboxylic acids is 1. The Bertz CT molecular complexity index is 1200. The van der Waals surface area contributed by atoms with E-state index in [4.69, 9.17) is 16.3 Å². The predicted octanol–water partition coefficient (Wildman–Crippen LogP) is 3.51.